The largest absolute Gasteiger partial charge is 0.416 e. The van der Waals surface area contributed by atoms with Crippen LogP contribution in [-0.2, 0) is 17.5 Å². The summed E-state index contributed by atoms with van der Waals surface area (Å²) in [5.74, 6) is 0.625. The average Bonchev–Trinajstić information content (AvgIpc) is 3.32. The van der Waals surface area contributed by atoms with Gasteiger partial charge in [0.1, 0.15) is 0 Å². The van der Waals surface area contributed by atoms with Gasteiger partial charge in [0.15, 0.2) is 0 Å². The van der Waals surface area contributed by atoms with E-state index in [-0.39, 0.29) is 12.1 Å². The third kappa shape index (κ3) is 2.35. The van der Waals surface area contributed by atoms with Gasteiger partial charge in [-0.1, -0.05) is 6.92 Å². The number of anilines is 1. The van der Waals surface area contributed by atoms with Crippen molar-refractivity contribution >= 4 is 5.69 Å². The van der Waals surface area contributed by atoms with Crippen LogP contribution in [0.4, 0.5) is 18.9 Å². The Morgan fingerprint density at radius 2 is 2.00 bits per heavy atom. The molecule has 2 saturated carbocycles. The van der Waals surface area contributed by atoms with E-state index in [9.17, 15) is 13.2 Å². The maximum absolute atomic E-state index is 13.0. The molecule has 1 aromatic carbocycles. The molecule has 23 heavy (non-hydrogen) atoms. The van der Waals surface area contributed by atoms with Crippen LogP contribution in [0, 0.1) is 11.3 Å². The van der Waals surface area contributed by atoms with Crippen LogP contribution in [0.25, 0.3) is 0 Å². The topological polar surface area (TPSA) is 12.5 Å². The van der Waals surface area contributed by atoms with Crippen LogP contribution in [0.3, 0.4) is 0 Å². The van der Waals surface area contributed by atoms with Crippen LogP contribution in [0.5, 0.6) is 0 Å². The number of halogens is 3. The Balaban J connectivity index is 1.73. The number of rotatable bonds is 3. The summed E-state index contributed by atoms with van der Waals surface area (Å²) >= 11 is 0. The van der Waals surface area contributed by atoms with E-state index in [0.717, 1.165) is 18.7 Å². The highest BCUT2D eigenvalue weighted by atomic mass is 19.4. The summed E-state index contributed by atoms with van der Waals surface area (Å²) in [6.45, 7) is 3.46. The van der Waals surface area contributed by atoms with E-state index in [1.807, 2.05) is 0 Å². The molecule has 1 unspecified atom stereocenters. The maximum Gasteiger partial charge on any atom is 0.416 e. The number of hydrogen-bond donors (Lipinski definition) is 0. The van der Waals surface area contributed by atoms with Gasteiger partial charge in [0.25, 0.3) is 0 Å². The zero-order valence-electron chi connectivity index (χ0n) is 13.5. The molecule has 4 rings (SSSR count). The molecule has 0 aromatic heterocycles. The smallest absolute Gasteiger partial charge is 0.380 e. The molecular formula is C18H22F3NO. The first kappa shape index (κ1) is 15.3. The highest BCUT2D eigenvalue weighted by molar-refractivity contribution is 5.61. The van der Waals surface area contributed by atoms with E-state index in [4.69, 9.17) is 4.74 Å². The number of methoxy groups -OCH3 is 1. The Bertz CT molecular complexity index is 638. The number of nitrogens with zero attached hydrogens (tertiary/aromatic N) is 1. The van der Waals surface area contributed by atoms with Gasteiger partial charge in [-0.2, -0.15) is 13.2 Å². The molecule has 1 heterocycles. The Labute approximate surface area is 134 Å². The molecule has 2 nitrogen and oxygen atoms in total. The number of benzene rings is 1. The molecule has 1 aliphatic heterocycles. The molecule has 1 saturated heterocycles. The van der Waals surface area contributed by atoms with Gasteiger partial charge < -0.3 is 9.64 Å². The summed E-state index contributed by atoms with van der Waals surface area (Å²) in [7, 11) is 1.53. The summed E-state index contributed by atoms with van der Waals surface area (Å²) in [6, 6.07) is 4.13. The summed E-state index contributed by atoms with van der Waals surface area (Å²) in [5, 5.41) is 0. The lowest BCUT2D eigenvalue weighted by Crippen LogP contribution is -2.33. The van der Waals surface area contributed by atoms with Crippen molar-refractivity contribution < 1.29 is 17.9 Å². The zero-order valence-corrected chi connectivity index (χ0v) is 13.5. The van der Waals surface area contributed by atoms with Crippen LogP contribution in [-0.4, -0.2) is 19.2 Å². The minimum Gasteiger partial charge on any atom is -0.380 e. The van der Waals surface area contributed by atoms with Gasteiger partial charge in [0.05, 0.1) is 12.2 Å². The summed E-state index contributed by atoms with van der Waals surface area (Å²) < 4.78 is 44.3. The van der Waals surface area contributed by atoms with Crippen molar-refractivity contribution in [3.63, 3.8) is 0 Å². The van der Waals surface area contributed by atoms with Crippen molar-refractivity contribution in [1.82, 2.24) is 0 Å². The summed E-state index contributed by atoms with van der Waals surface area (Å²) in [6.07, 6.45) is 0.571. The fraction of sp³-hybridized carbons (Fsp3) is 0.667. The second-order valence-corrected chi connectivity index (χ2v) is 7.75. The fourth-order valence-corrected chi connectivity index (χ4v) is 4.52. The van der Waals surface area contributed by atoms with Gasteiger partial charge >= 0.3 is 6.18 Å². The molecule has 2 aliphatic carbocycles. The molecule has 1 aromatic rings. The first-order valence-corrected chi connectivity index (χ1v) is 8.26. The van der Waals surface area contributed by atoms with Gasteiger partial charge in [0.2, 0.25) is 0 Å². The standard InChI is InChI=1S/C18H22F3NO/c1-12-8-17(12)10-16(5-6-16)11-22(17)15-4-3-14(18(19,20)21)7-13(15)9-23-2/h3-4,7,12H,5-6,8-11H2,1-2H3/t12-,17?/m1/s1. The molecule has 3 fully saturated rings. The van der Waals surface area contributed by atoms with E-state index in [2.05, 4.69) is 11.8 Å². The molecule has 0 radical (unpaired) electrons. The van der Waals surface area contributed by atoms with Crippen molar-refractivity contribution in [2.45, 2.75) is 50.9 Å². The van der Waals surface area contributed by atoms with Gasteiger partial charge in [0, 0.05) is 30.4 Å². The Kier molecular flexibility index (Phi) is 3.10. The molecule has 2 spiro atoms. The molecule has 5 heteroatoms. The van der Waals surface area contributed by atoms with Gasteiger partial charge in [-0.05, 0) is 55.2 Å². The molecule has 126 valence electrons. The average molecular weight is 325 g/mol. The van der Waals surface area contributed by atoms with Crippen LogP contribution in [0.2, 0.25) is 0 Å². The molecule has 3 aliphatic rings. The summed E-state index contributed by atoms with van der Waals surface area (Å²) in [5.41, 5.74) is 1.61. The zero-order chi connectivity index (χ0) is 16.5. The minimum atomic E-state index is -4.31. The molecule has 2 atom stereocenters. The SMILES string of the molecule is COCc1cc(C(F)(F)F)ccc1N1CC2(CC2)CC12C[C@H]2C. The number of alkyl halides is 3. The van der Waals surface area contributed by atoms with Crippen LogP contribution >= 0.6 is 0 Å². The number of ether oxygens (including phenoxy) is 1. The van der Waals surface area contributed by atoms with E-state index < -0.39 is 11.7 Å². The Morgan fingerprint density at radius 1 is 1.30 bits per heavy atom. The fourth-order valence-electron chi connectivity index (χ4n) is 4.52. The minimum absolute atomic E-state index is 0.179. The molecular weight excluding hydrogens is 303 g/mol. The van der Waals surface area contributed by atoms with Gasteiger partial charge in [-0.3, -0.25) is 0 Å². The quantitative estimate of drug-likeness (QED) is 0.804. The monoisotopic (exact) mass is 325 g/mol. The number of hydrogen-bond acceptors (Lipinski definition) is 2. The predicted octanol–water partition coefficient (Wildman–Crippen LogP) is 4.62. The highest BCUT2D eigenvalue weighted by Gasteiger charge is 2.67. The Hall–Kier alpha value is -1.23. The van der Waals surface area contributed by atoms with Crippen LogP contribution in [0.15, 0.2) is 18.2 Å². The normalized spacial score (nSPS) is 31.2. The lowest BCUT2D eigenvalue weighted by molar-refractivity contribution is -0.137. The van der Waals surface area contributed by atoms with E-state index in [1.54, 1.807) is 6.07 Å². The maximum atomic E-state index is 13.0. The van der Waals surface area contributed by atoms with Crippen LogP contribution < -0.4 is 4.90 Å². The van der Waals surface area contributed by atoms with Crippen molar-refractivity contribution in [2.24, 2.45) is 11.3 Å². The van der Waals surface area contributed by atoms with Crippen molar-refractivity contribution in [3.8, 4) is 0 Å². The first-order valence-electron chi connectivity index (χ1n) is 8.26. The Morgan fingerprint density at radius 3 is 2.52 bits per heavy atom. The lowest BCUT2D eigenvalue weighted by Gasteiger charge is -2.30. The first-order chi connectivity index (χ1) is 10.8. The second kappa shape index (κ2) is 4.65. The lowest BCUT2D eigenvalue weighted by atomic mass is 10.0. The third-order valence-electron chi connectivity index (χ3n) is 6.08. The predicted molar refractivity (Wildman–Crippen MR) is 82.3 cm³/mol. The van der Waals surface area contributed by atoms with E-state index in [0.29, 0.717) is 16.9 Å². The highest BCUT2D eigenvalue weighted by Crippen LogP contribution is 2.68. The van der Waals surface area contributed by atoms with E-state index >= 15 is 0 Å². The second-order valence-electron chi connectivity index (χ2n) is 7.75. The molecule has 0 bridgehead atoms. The molecule has 0 amide bonds. The van der Waals surface area contributed by atoms with Crippen LogP contribution in [0.1, 0.15) is 43.7 Å². The van der Waals surface area contributed by atoms with Crippen molar-refractivity contribution in [2.75, 3.05) is 18.6 Å². The van der Waals surface area contributed by atoms with Crippen molar-refractivity contribution in [1.29, 1.82) is 0 Å². The van der Waals surface area contributed by atoms with Gasteiger partial charge in [-0.15, -0.1) is 0 Å². The van der Waals surface area contributed by atoms with E-state index in [1.165, 1.54) is 38.5 Å². The third-order valence-corrected chi connectivity index (χ3v) is 6.08. The van der Waals surface area contributed by atoms with Gasteiger partial charge in [-0.25, -0.2) is 0 Å². The molecule has 0 N–H and O–H groups in total. The summed E-state index contributed by atoms with van der Waals surface area (Å²) in [4.78, 5) is 2.40. The van der Waals surface area contributed by atoms with Crippen molar-refractivity contribution in [3.05, 3.63) is 29.3 Å².